The zero-order chi connectivity index (χ0) is 17.4. The molecule has 24 heavy (non-hydrogen) atoms. The van der Waals surface area contributed by atoms with Crippen molar-refractivity contribution in [2.24, 2.45) is 7.05 Å². The monoisotopic (exact) mass is 346 g/mol. The summed E-state index contributed by atoms with van der Waals surface area (Å²) in [6.07, 6.45) is 1.12. The summed E-state index contributed by atoms with van der Waals surface area (Å²) in [5.41, 5.74) is 3.73. The van der Waals surface area contributed by atoms with Crippen molar-refractivity contribution >= 4 is 23.2 Å². The Labute approximate surface area is 145 Å². The highest BCUT2D eigenvalue weighted by atomic mass is 32.1. The Balaban J connectivity index is 1.76. The van der Waals surface area contributed by atoms with Gasteiger partial charge in [-0.2, -0.15) is 0 Å². The maximum Gasteiger partial charge on any atom is 0.269 e. The predicted molar refractivity (Wildman–Crippen MR) is 93.1 cm³/mol. The van der Waals surface area contributed by atoms with Crippen molar-refractivity contribution in [3.8, 4) is 0 Å². The van der Waals surface area contributed by atoms with Crippen LogP contribution in [0.1, 0.15) is 32.4 Å². The van der Waals surface area contributed by atoms with Crippen LogP contribution in [0, 0.1) is 6.92 Å². The van der Waals surface area contributed by atoms with E-state index in [1.165, 1.54) is 0 Å². The van der Waals surface area contributed by atoms with Crippen molar-refractivity contribution in [2.75, 3.05) is 20.6 Å². The zero-order valence-electron chi connectivity index (χ0n) is 14.5. The molecule has 3 heterocycles. The lowest BCUT2D eigenvalue weighted by Crippen LogP contribution is -2.37. The summed E-state index contributed by atoms with van der Waals surface area (Å²) in [7, 11) is 5.40. The SMILES string of the molecule is Cc1nc(CC(=O)N2CCc3cc(C(=O)N(C)C)n(C)c3C2)cs1. The molecule has 0 aromatic carbocycles. The molecule has 0 radical (unpaired) electrons. The average molecular weight is 346 g/mol. The Kier molecular flexibility index (Phi) is 4.45. The molecule has 0 aliphatic carbocycles. The second-order valence-electron chi connectivity index (χ2n) is 6.36. The summed E-state index contributed by atoms with van der Waals surface area (Å²) in [4.78, 5) is 32.6. The van der Waals surface area contributed by atoms with Gasteiger partial charge < -0.3 is 14.4 Å². The van der Waals surface area contributed by atoms with Gasteiger partial charge in [0.25, 0.3) is 5.91 Å². The molecule has 1 aliphatic heterocycles. The molecule has 2 aromatic rings. The van der Waals surface area contributed by atoms with Crippen molar-refractivity contribution in [1.82, 2.24) is 19.4 Å². The van der Waals surface area contributed by atoms with Gasteiger partial charge >= 0.3 is 0 Å². The van der Waals surface area contributed by atoms with Crippen LogP contribution in [0.2, 0.25) is 0 Å². The summed E-state index contributed by atoms with van der Waals surface area (Å²) >= 11 is 1.57. The Morgan fingerprint density at radius 3 is 2.75 bits per heavy atom. The number of carbonyl (C=O) groups excluding carboxylic acids is 2. The van der Waals surface area contributed by atoms with Gasteiger partial charge in [-0.15, -0.1) is 11.3 Å². The first-order valence-electron chi connectivity index (χ1n) is 7.94. The molecule has 0 saturated carbocycles. The molecule has 2 aromatic heterocycles. The van der Waals surface area contributed by atoms with E-state index in [4.69, 9.17) is 0 Å². The summed E-state index contributed by atoms with van der Waals surface area (Å²) in [5.74, 6) is 0.0790. The highest BCUT2D eigenvalue weighted by molar-refractivity contribution is 7.09. The van der Waals surface area contributed by atoms with Gasteiger partial charge in [0.1, 0.15) is 5.69 Å². The molecule has 0 unspecified atom stereocenters. The minimum atomic E-state index is -0.0114. The van der Waals surface area contributed by atoms with Gasteiger partial charge in [-0.1, -0.05) is 0 Å². The molecular weight excluding hydrogens is 324 g/mol. The fourth-order valence-electron chi connectivity index (χ4n) is 3.05. The van der Waals surface area contributed by atoms with Crippen LogP contribution in [-0.2, 0) is 31.2 Å². The predicted octanol–water partition coefficient (Wildman–Crippen LogP) is 1.62. The summed E-state index contributed by atoms with van der Waals surface area (Å²) in [6.45, 7) is 3.18. The minimum absolute atomic E-state index is 0.0114. The number of nitrogens with zero attached hydrogens (tertiary/aromatic N) is 4. The molecule has 128 valence electrons. The Morgan fingerprint density at radius 2 is 2.12 bits per heavy atom. The molecule has 0 fully saturated rings. The smallest absolute Gasteiger partial charge is 0.269 e. The van der Waals surface area contributed by atoms with Crippen LogP contribution in [0.15, 0.2) is 11.4 Å². The van der Waals surface area contributed by atoms with Gasteiger partial charge in [0.15, 0.2) is 0 Å². The maximum atomic E-state index is 12.6. The third kappa shape index (κ3) is 3.08. The normalized spacial score (nSPS) is 13.8. The Morgan fingerprint density at radius 1 is 1.38 bits per heavy atom. The molecule has 0 saturated heterocycles. The van der Waals surface area contributed by atoms with Crippen LogP contribution in [0.3, 0.4) is 0 Å². The standard InChI is InChI=1S/C17H22N4O2S/c1-11-18-13(10-24-11)8-16(22)21-6-5-12-7-14(17(23)19(2)3)20(4)15(12)9-21/h7,10H,5-6,8-9H2,1-4H3. The molecule has 7 heteroatoms. The van der Waals surface area contributed by atoms with Gasteiger partial charge in [0.05, 0.1) is 23.7 Å². The molecule has 2 amide bonds. The van der Waals surface area contributed by atoms with E-state index < -0.39 is 0 Å². The van der Waals surface area contributed by atoms with E-state index in [1.54, 1.807) is 30.3 Å². The number of aryl methyl sites for hydroxylation is 1. The molecule has 0 bridgehead atoms. The van der Waals surface area contributed by atoms with Crippen LogP contribution >= 0.6 is 11.3 Å². The first-order chi connectivity index (χ1) is 11.4. The molecule has 0 N–H and O–H groups in total. The number of carbonyl (C=O) groups is 2. The highest BCUT2D eigenvalue weighted by Gasteiger charge is 2.26. The van der Waals surface area contributed by atoms with Crippen LogP contribution in [0.25, 0.3) is 0 Å². The number of amides is 2. The molecule has 0 spiro atoms. The number of rotatable bonds is 3. The van der Waals surface area contributed by atoms with E-state index in [9.17, 15) is 9.59 Å². The number of fused-ring (bicyclic) bond motifs is 1. The van der Waals surface area contributed by atoms with Gasteiger partial charge in [-0.25, -0.2) is 4.98 Å². The highest BCUT2D eigenvalue weighted by Crippen LogP contribution is 2.24. The molecule has 6 nitrogen and oxygen atoms in total. The third-order valence-corrected chi connectivity index (χ3v) is 5.24. The Bertz CT molecular complexity index is 791. The van der Waals surface area contributed by atoms with Gasteiger partial charge in [0.2, 0.25) is 5.91 Å². The van der Waals surface area contributed by atoms with Crippen LogP contribution in [-0.4, -0.2) is 51.8 Å². The van der Waals surface area contributed by atoms with Crippen LogP contribution < -0.4 is 0 Å². The molecule has 0 atom stereocenters. The quantitative estimate of drug-likeness (QED) is 0.849. The van der Waals surface area contributed by atoms with E-state index >= 15 is 0 Å². The average Bonchev–Trinajstić information content (AvgIpc) is 3.10. The lowest BCUT2D eigenvalue weighted by atomic mass is 10.1. The molecule has 3 rings (SSSR count). The largest absolute Gasteiger partial charge is 0.343 e. The fourth-order valence-corrected chi connectivity index (χ4v) is 3.66. The number of hydrogen-bond donors (Lipinski definition) is 0. The first kappa shape index (κ1) is 16.7. The second-order valence-corrected chi connectivity index (χ2v) is 7.42. The topological polar surface area (TPSA) is 58.4 Å². The van der Waals surface area contributed by atoms with E-state index in [-0.39, 0.29) is 11.8 Å². The van der Waals surface area contributed by atoms with Gasteiger partial charge in [0, 0.05) is 38.8 Å². The van der Waals surface area contributed by atoms with Gasteiger partial charge in [-0.05, 0) is 25.0 Å². The van der Waals surface area contributed by atoms with Crippen LogP contribution in [0.5, 0.6) is 0 Å². The van der Waals surface area contributed by atoms with Crippen molar-refractivity contribution in [1.29, 1.82) is 0 Å². The number of hydrogen-bond acceptors (Lipinski definition) is 4. The first-order valence-corrected chi connectivity index (χ1v) is 8.82. The summed E-state index contributed by atoms with van der Waals surface area (Å²) < 4.78 is 1.92. The van der Waals surface area contributed by atoms with Crippen molar-refractivity contribution in [2.45, 2.75) is 26.3 Å². The lowest BCUT2D eigenvalue weighted by molar-refractivity contribution is -0.131. The third-order valence-electron chi connectivity index (χ3n) is 4.42. The van der Waals surface area contributed by atoms with E-state index in [0.29, 0.717) is 25.2 Å². The summed E-state index contributed by atoms with van der Waals surface area (Å²) in [6, 6.07) is 1.96. The number of aromatic nitrogens is 2. The summed E-state index contributed by atoms with van der Waals surface area (Å²) in [5, 5.41) is 2.92. The van der Waals surface area contributed by atoms with E-state index in [2.05, 4.69) is 4.98 Å². The second kappa shape index (κ2) is 6.39. The van der Waals surface area contributed by atoms with E-state index in [0.717, 1.165) is 28.4 Å². The van der Waals surface area contributed by atoms with Crippen molar-refractivity contribution in [3.63, 3.8) is 0 Å². The molecule has 1 aliphatic rings. The van der Waals surface area contributed by atoms with E-state index in [1.807, 2.05) is 34.9 Å². The minimum Gasteiger partial charge on any atom is -0.343 e. The van der Waals surface area contributed by atoms with Crippen molar-refractivity contribution in [3.05, 3.63) is 39.1 Å². The zero-order valence-corrected chi connectivity index (χ0v) is 15.3. The van der Waals surface area contributed by atoms with Gasteiger partial charge in [-0.3, -0.25) is 9.59 Å². The fraction of sp³-hybridized carbons (Fsp3) is 0.471. The maximum absolute atomic E-state index is 12.6. The lowest BCUT2D eigenvalue weighted by Gasteiger charge is -2.28. The van der Waals surface area contributed by atoms with Crippen molar-refractivity contribution < 1.29 is 9.59 Å². The number of thiazole rings is 1. The van der Waals surface area contributed by atoms with Crippen LogP contribution in [0.4, 0.5) is 0 Å². The Hall–Kier alpha value is -2.15. The molecular formula is C17H22N4O2S.